The van der Waals surface area contributed by atoms with Gasteiger partial charge in [-0.3, -0.25) is 4.79 Å². The number of rotatable bonds is 6. The molecule has 4 rings (SSSR count). The summed E-state index contributed by atoms with van der Waals surface area (Å²) in [6.07, 6.45) is 6.93. The molecule has 132 valence electrons. The predicted molar refractivity (Wildman–Crippen MR) is 99.9 cm³/mol. The molecule has 0 bridgehead atoms. The second-order valence-corrected chi connectivity index (χ2v) is 7.34. The van der Waals surface area contributed by atoms with Crippen molar-refractivity contribution in [1.82, 2.24) is 14.8 Å². The summed E-state index contributed by atoms with van der Waals surface area (Å²) in [4.78, 5) is 14.9. The predicted octanol–water partition coefficient (Wildman–Crippen LogP) is 3.43. The maximum Gasteiger partial charge on any atom is 0.267 e. The van der Waals surface area contributed by atoms with Crippen LogP contribution < -0.4 is 5.32 Å². The van der Waals surface area contributed by atoms with Crippen LogP contribution in [0.25, 0.3) is 0 Å². The molecule has 2 aliphatic rings. The van der Waals surface area contributed by atoms with E-state index in [9.17, 15) is 4.79 Å². The van der Waals surface area contributed by atoms with Gasteiger partial charge in [-0.2, -0.15) is 0 Å². The summed E-state index contributed by atoms with van der Waals surface area (Å²) in [6, 6.07) is 15.3. The summed E-state index contributed by atoms with van der Waals surface area (Å²) < 4.78 is 2.13. The highest BCUT2D eigenvalue weighted by Gasteiger charge is 2.26. The van der Waals surface area contributed by atoms with Gasteiger partial charge in [0.25, 0.3) is 5.91 Å². The summed E-state index contributed by atoms with van der Waals surface area (Å²) in [5.74, 6) is 0.686. The lowest BCUT2D eigenvalue weighted by Crippen LogP contribution is -2.40. The van der Waals surface area contributed by atoms with Crippen LogP contribution in [0, 0.1) is 0 Å². The summed E-state index contributed by atoms with van der Waals surface area (Å²) >= 11 is 0. The Kier molecular flexibility index (Phi) is 4.88. The number of likely N-dealkylation sites (tertiary alicyclic amines) is 1. The normalized spacial score (nSPS) is 21.2. The standard InChI is InChI=1S/C21H27N3O/c25-21(20-9-5-14-24(20)19-10-11-19)22-12-15-23-13-4-8-18(16-23)17-6-2-1-3-7-17/h1-3,5-7,9,14,18-19H,4,8,10-13,15-16H2,(H,22,25). The van der Waals surface area contributed by atoms with Crippen molar-refractivity contribution in [3.8, 4) is 0 Å². The van der Waals surface area contributed by atoms with Crippen LogP contribution in [0.2, 0.25) is 0 Å². The molecule has 1 aliphatic heterocycles. The van der Waals surface area contributed by atoms with Crippen LogP contribution >= 0.6 is 0 Å². The molecular formula is C21H27N3O. The van der Waals surface area contributed by atoms with Gasteiger partial charge in [-0.05, 0) is 55.8 Å². The monoisotopic (exact) mass is 337 g/mol. The summed E-state index contributed by atoms with van der Waals surface area (Å²) in [5, 5.41) is 3.11. The van der Waals surface area contributed by atoms with E-state index in [1.54, 1.807) is 0 Å². The van der Waals surface area contributed by atoms with Gasteiger partial charge in [0.05, 0.1) is 0 Å². The number of benzene rings is 1. The Labute approximate surface area is 149 Å². The molecule has 1 aliphatic carbocycles. The fourth-order valence-corrected chi connectivity index (χ4v) is 3.93. The van der Waals surface area contributed by atoms with Crippen molar-refractivity contribution < 1.29 is 4.79 Å². The van der Waals surface area contributed by atoms with Crippen molar-refractivity contribution in [3.63, 3.8) is 0 Å². The smallest absolute Gasteiger partial charge is 0.267 e. The maximum atomic E-state index is 12.4. The fourth-order valence-electron chi connectivity index (χ4n) is 3.93. The lowest BCUT2D eigenvalue weighted by atomic mass is 9.91. The molecule has 2 fully saturated rings. The van der Waals surface area contributed by atoms with E-state index in [0.29, 0.717) is 12.0 Å². The van der Waals surface area contributed by atoms with Crippen LogP contribution in [0.15, 0.2) is 48.7 Å². The number of carbonyl (C=O) groups excluding carboxylic acids is 1. The van der Waals surface area contributed by atoms with E-state index in [0.717, 1.165) is 31.9 Å². The van der Waals surface area contributed by atoms with Crippen molar-refractivity contribution in [3.05, 3.63) is 59.9 Å². The Hall–Kier alpha value is -2.07. The molecule has 4 nitrogen and oxygen atoms in total. The minimum absolute atomic E-state index is 0.0634. The molecule has 25 heavy (non-hydrogen) atoms. The van der Waals surface area contributed by atoms with Crippen LogP contribution in [0.4, 0.5) is 0 Å². The van der Waals surface area contributed by atoms with E-state index in [-0.39, 0.29) is 5.91 Å². The summed E-state index contributed by atoms with van der Waals surface area (Å²) in [6.45, 7) is 3.88. The molecule has 1 saturated heterocycles. The average Bonchev–Trinajstić information content (AvgIpc) is 3.39. The third kappa shape index (κ3) is 3.96. The van der Waals surface area contributed by atoms with Gasteiger partial charge in [0.2, 0.25) is 0 Å². The van der Waals surface area contributed by atoms with E-state index in [2.05, 4.69) is 45.1 Å². The first-order valence-corrected chi connectivity index (χ1v) is 9.53. The molecule has 0 spiro atoms. The second kappa shape index (κ2) is 7.44. The lowest BCUT2D eigenvalue weighted by Gasteiger charge is -2.33. The molecule has 1 unspecified atom stereocenters. The van der Waals surface area contributed by atoms with Gasteiger partial charge in [0.15, 0.2) is 0 Å². The Morgan fingerprint density at radius 1 is 1.08 bits per heavy atom. The largest absolute Gasteiger partial charge is 0.349 e. The van der Waals surface area contributed by atoms with Gasteiger partial charge < -0.3 is 14.8 Å². The third-order valence-electron chi connectivity index (χ3n) is 5.44. The van der Waals surface area contributed by atoms with E-state index in [1.807, 2.05) is 18.3 Å². The zero-order chi connectivity index (χ0) is 17.1. The molecule has 1 N–H and O–H groups in total. The quantitative estimate of drug-likeness (QED) is 0.877. The van der Waals surface area contributed by atoms with Crippen LogP contribution in [-0.4, -0.2) is 41.6 Å². The van der Waals surface area contributed by atoms with Crippen LogP contribution in [0.1, 0.15) is 53.7 Å². The molecule has 1 amide bonds. The molecule has 2 aromatic rings. The van der Waals surface area contributed by atoms with Gasteiger partial charge in [0.1, 0.15) is 5.69 Å². The molecule has 1 atom stereocenters. The number of nitrogens with zero attached hydrogens (tertiary/aromatic N) is 2. The van der Waals surface area contributed by atoms with Crippen molar-refractivity contribution in [2.24, 2.45) is 0 Å². The van der Waals surface area contributed by atoms with Gasteiger partial charge in [-0.25, -0.2) is 0 Å². The molecule has 2 heterocycles. The molecule has 1 aromatic heterocycles. The highest BCUT2D eigenvalue weighted by Crippen LogP contribution is 2.36. The minimum atomic E-state index is 0.0634. The van der Waals surface area contributed by atoms with Gasteiger partial charge in [-0.15, -0.1) is 0 Å². The van der Waals surface area contributed by atoms with Crippen LogP contribution in [-0.2, 0) is 0 Å². The van der Waals surface area contributed by atoms with E-state index in [1.165, 1.54) is 31.2 Å². The van der Waals surface area contributed by atoms with Crippen molar-refractivity contribution in [2.45, 2.75) is 37.6 Å². The molecule has 4 heteroatoms. The molecule has 1 saturated carbocycles. The number of carbonyl (C=O) groups is 1. The zero-order valence-corrected chi connectivity index (χ0v) is 14.7. The summed E-state index contributed by atoms with van der Waals surface area (Å²) in [5.41, 5.74) is 2.25. The molecule has 0 radical (unpaired) electrons. The SMILES string of the molecule is O=C(NCCN1CCCC(c2ccccc2)C1)c1cccn1C1CC1. The number of aromatic nitrogens is 1. The topological polar surface area (TPSA) is 37.3 Å². The molecular weight excluding hydrogens is 310 g/mol. The van der Waals surface area contributed by atoms with Crippen LogP contribution in [0.3, 0.4) is 0 Å². The number of hydrogen-bond acceptors (Lipinski definition) is 2. The lowest BCUT2D eigenvalue weighted by molar-refractivity contribution is 0.0936. The first-order valence-electron chi connectivity index (χ1n) is 9.53. The van der Waals surface area contributed by atoms with Gasteiger partial charge >= 0.3 is 0 Å². The number of nitrogens with one attached hydrogen (secondary N) is 1. The molecule has 1 aromatic carbocycles. The zero-order valence-electron chi connectivity index (χ0n) is 14.7. The second-order valence-electron chi connectivity index (χ2n) is 7.34. The Morgan fingerprint density at radius 3 is 2.72 bits per heavy atom. The van der Waals surface area contributed by atoms with Crippen molar-refractivity contribution in [1.29, 1.82) is 0 Å². The van der Waals surface area contributed by atoms with E-state index in [4.69, 9.17) is 0 Å². The summed E-state index contributed by atoms with van der Waals surface area (Å²) in [7, 11) is 0. The van der Waals surface area contributed by atoms with Crippen molar-refractivity contribution in [2.75, 3.05) is 26.2 Å². The number of piperidine rings is 1. The van der Waals surface area contributed by atoms with E-state index >= 15 is 0 Å². The minimum Gasteiger partial charge on any atom is -0.349 e. The van der Waals surface area contributed by atoms with Gasteiger partial charge in [-0.1, -0.05) is 30.3 Å². The Morgan fingerprint density at radius 2 is 1.92 bits per heavy atom. The maximum absolute atomic E-state index is 12.4. The first kappa shape index (κ1) is 16.4. The van der Waals surface area contributed by atoms with Gasteiger partial charge in [0, 0.05) is 31.9 Å². The Bertz CT molecular complexity index is 705. The fraction of sp³-hybridized carbons (Fsp3) is 0.476. The number of hydrogen-bond donors (Lipinski definition) is 1. The Balaban J connectivity index is 1.27. The van der Waals surface area contributed by atoms with Crippen LogP contribution in [0.5, 0.6) is 0 Å². The van der Waals surface area contributed by atoms with Crippen molar-refractivity contribution >= 4 is 5.91 Å². The van der Waals surface area contributed by atoms with E-state index < -0.39 is 0 Å². The number of amides is 1. The average molecular weight is 337 g/mol. The highest BCUT2D eigenvalue weighted by molar-refractivity contribution is 5.92. The third-order valence-corrected chi connectivity index (χ3v) is 5.44. The first-order chi connectivity index (χ1) is 12.3. The highest BCUT2D eigenvalue weighted by atomic mass is 16.1.